The predicted molar refractivity (Wildman–Crippen MR) is 213 cm³/mol. The van der Waals surface area contributed by atoms with Crippen LogP contribution in [0.25, 0.3) is 0 Å². The summed E-state index contributed by atoms with van der Waals surface area (Å²) in [6.45, 7) is 20.3. The van der Waals surface area contributed by atoms with Gasteiger partial charge in [0.05, 0.1) is 11.9 Å². The van der Waals surface area contributed by atoms with E-state index in [4.69, 9.17) is 0 Å². The highest BCUT2D eigenvalue weighted by Crippen LogP contribution is 2.88. The fourth-order valence-corrected chi connectivity index (χ4v) is 11.7. The molecule has 5 aliphatic rings. The highest BCUT2D eigenvalue weighted by atomic mass is 32.2. The van der Waals surface area contributed by atoms with E-state index in [2.05, 4.69) is 51.1 Å². The Morgan fingerprint density at radius 2 is 1.67 bits per heavy atom. The Morgan fingerprint density at radius 1 is 1.00 bits per heavy atom. The van der Waals surface area contributed by atoms with E-state index in [1.165, 1.54) is 16.7 Å². The number of fused-ring (bicyclic) bond motifs is 1. The fourth-order valence-electron chi connectivity index (χ4n) is 10.5. The first-order chi connectivity index (χ1) is 26.6. The lowest BCUT2D eigenvalue weighted by atomic mass is 9.73. The maximum Gasteiger partial charge on any atom is 0.303 e. The number of nitrogens with one attached hydrogen (secondary N) is 4. The minimum Gasteiger partial charge on any atom is -0.342 e. The Labute approximate surface area is 337 Å². The number of likely N-dealkylation sites (tertiary alicyclic amines) is 1. The third-order valence-corrected chi connectivity index (χ3v) is 15.9. The van der Waals surface area contributed by atoms with Gasteiger partial charge in [-0.3, -0.25) is 29.0 Å². The molecule has 5 amide bonds. The van der Waals surface area contributed by atoms with E-state index in [-0.39, 0.29) is 34.3 Å². The van der Waals surface area contributed by atoms with E-state index in [1.807, 2.05) is 34.6 Å². The molecule has 1 aromatic rings. The lowest BCUT2D eigenvalue weighted by Crippen LogP contribution is -2.62. The Bertz CT molecular complexity index is 1900. The Balaban J connectivity index is 1.28. The summed E-state index contributed by atoms with van der Waals surface area (Å²) in [5, 5.41) is 8.77. The summed E-state index contributed by atoms with van der Waals surface area (Å²) in [5.41, 5.74) is -2.23. The highest BCUT2D eigenvalue weighted by Gasteiger charge is 2.85. The molecule has 15 nitrogen and oxygen atoms in total. The maximum atomic E-state index is 15.1. The summed E-state index contributed by atoms with van der Waals surface area (Å²) >= 11 is 0. The van der Waals surface area contributed by atoms with E-state index < -0.39 is 74.7 Å². The molecule has 0 aromatic carbocycles. The number of rotatable bonds is 14. The topological polar surface area (TPSA) is 200 Å². The molecule has 16 heteroatoms. The van der Waals surface area contributed by atoms with Gasteiger partial charge in [-0.15, -0.1) is 6.58 Å². The number of nitrogens with zero attached hydrogens (tertiary/aromatic N) is 4. The van der Waals surface area contributed by atoms with Crippen LogP contribution in [0.15, 0.2) is 25.0 Å². The van der Waals surface area contributed by atoms with Gasteiger partial charge in [0.1, 0.15) is 29.4 Å². The predicted octanol–water partition coefficient (Wildman–Crippen LogP) is 3.17. The third-order valence-electron chi connectivity index (χ3n) is 14.4. The number of carbonyl (C=O) groups excluding carboxylic acids is 5. The summed E-state index contributed by atoms with van der Waals surface area (Å²) in [4.78, 5) is 81.1. The molecular formula is C41H62N8O7S. The molecule has 314 valence electrons. The SMILES string of the molecule is C=C[C@@H]1C[C@]1(NC(=O)[C@@H]1C[C@@]2(CN1C(=O)[C@@H](NC(=O)[C@@H](NC(=O)c1cnc(C)cn1)C(C)CCC)C(C)(C)C)C(C)(C)C21CCC1)C(=O)NS(=O)(=O)N1CCCC1. The van der Waals surface area contributed by atoms with E-state index >= 15 is 4.79 Å². The smallest absolute Gasteiger partial charge is 0.303 e. The molecule has 4 N–H and O–H groups in total. The van der Waals surface area contributed by atoms with Crippen LogP contribution in [0, 0.1) is 40.4 Å². The Hall–Kier alpha value is -3.92. The quantitative estimate of drug-likeness (QED) is 0.204. The first-order valence-electron chi connectivity index (χ1n) is 20.6. The van der Waals surface area contributed by atoms with E-state index in [0.717, 1.165) is 25.7 Å². The molecule has 2 saturated heterocycles. The van der Waals surface area contributed by atoms with Gasteiger partial charge in [0.25, 0.3) is 11.8 Å². The first kappa shape index (κ1) is 42.7. The van der Waals surface area contributed by atoms with Gasteiger partial charge in [-0.1, -0.05) is 67.4 Å². The third kappa shape index (κ3) is 7.27. The van der Waals surface area contributed by atoms with Crippen LogP contribution in [-0.4, -0.2) is 100 Å². The van der Waals surface area contributed by atoms with Crippen molar-refractivity contribution < 1.29 is 32.4 Å². The molecule has 3 aliphatic carbocycles. The van der Waals surface area contributed by atoms with Crippen molar-refractivity contribution in [3.8, 4) is 0 Å². The molecule has 57 heavy (non-hydrogen) atoms. The lowest BCUT2D eigenvalue weighted by Gasteiger charge is -2.37. The normalized spacial score (nSPS) is 28.8. The molecule has 7 atom stereocenters. The van der Waals surface area contributed by atoms with E-state index in [9.17, 15) is 27.6 Å². The Morgan fingerprint density at radius 3 is 2.18 bits per heavy atom. The second kappa shape index (κ2) is 15.0. The van der Waals surface area contributed by atoms with Crippen molar-refractivity contribution in [1.82, 2.24) is 39.8 Å². The van der Waals surface area contributed by atoms with Gasteiger partial charge in [-0.2, -0.15) is 12.7 Å². The van der Waals surface area contributed by atoms with Crippen LogP contribution in [-0.2, 0) is 29.4 Å². The molecule has 1 unspecified atom stereocenters. The number of hydrogen-bond donors (Lipinski definition) is 4. The van der Waals surface area contributed by atoms with Gasteiger partial charge in [-0.05, 0) is 74.0 Å². The molecule has 0 radical (unpaired) electrons. The number of aryl methyl sites for hydroxylation is 1. The molecule has 1 aromatic heterocycles. The average molecular weight is 811 g/mol. The van der Waals surface area contributed by atoms with Crippen molar-refractivity contribution in [2.75, 3.05) is 19.6 Å². The number of hydrogen-bond acceptors (Lipinski definition) is 9. The second-order valence-corrected chi connectivity index (χ2v) is 20.6. The summed E-state index contributed by atoms with van der Waals surface area (Å²) in [6.07, 6.45) is 10.7. The van der Waals surface area contributed by atoms with Gasteiger partial charge < -0.3 is 20.9 Å². The molecule has 2 aliphatic heterocycles. The van der Waals surface area contributed by atoms with Crippen LogP contribution in [0.1, 0.15) is 122 Å². The standard InChI is InChI=1S/C41H62N8O7S/c1-10-15-25(3)30(44-32(50)28-23-42-26(4)22-43-28)34(52)45-31(37(5,6)7)35(53)49-24-40(38(8,9)39(40)16-14-17-39)21-29(49)33(51)46-41(20-27(41)11-2)36(54)47-57(55,56)48-18-12-13-19-48/h11,22-23,25,27,29-31H,2,10,12-21,24H2,1,3-9H3,(H,44,50)(H,45,52)(H,46,51)(H,47,54)/t25?,27-,29+,30+,31-,40-,41-/m1/s1. The summed E-state index contributed by atoms with van der Waals surface area (Å²) in [7, 11) is -4.12. The lowest BCUT2D eigenvalue weighted by molar-refractivity contribution is -0.145. The van der Waals surface area contributed by atoms with E-state index in [1.54, 1.807) is 17.9 Å². The van der Waals surface area contributed by atoms with Gasteiger partial charge in [-0.25, -0.2) is 9.71 Å². The van der Waals surface area contributed by atoms with Crippen LogP contribution in [0.4, 0.5) is 0 Å². The van der Waals surface area contributed by atoms with Crippen LogP contribution < -0.4 is 20.7 Å². The van der Waals surface area contributed by atoms with Crippen LogP contribution in [0.3, 0.4) is 0 Å². The van der Waals surface area contributed by atoms with Crippen molar-refractivity contribution in [3.63, 3.8) is 0 Å². The van der Waals surface area contributed by atoms with Crippen molar-refractivity contribution in [2.45, 2.75) is 137 Å². The Kier molecular flexibility index (Phi) is 11.3. The molecule has 3 saturated carbocycles. The van der Waals surface area contributed by atoms with Gasteiger partial charge >= 0.3 is 10.2 Å². The number of carbonyl (C=O) groups is 5. The molecule has 0 bridgehead atoms. The zero-order valence-corrected chi connectivity index (χ0v) is 35.7. The molecule has 2 spiro atoms. The molecule has 5 fully saturated rings. The van der Waals surface area contributed by atoms with Crippen molar-refractivity contribution in [2.24, 2.45) is 33.5 Å². The average Bonchev–Trinajstić information content (AvgIpc) is 3.58. The van der Waals surface area contributed by atoms with Crippen LogP contribution in [0.2, 0.25) is 0 Å². The molecular weight excluding hydrogens is 749 g/mol. The second-order valence-electron chi connectivity index (χ2n) is 18.9. The monoisotopic (exact) mass is 810 g/mol. The van der Waals surface area contributed by atoms with Gasteiger partial charge in [0.15, 0.2) is 0 Å². The molecule has 3 heterocycles. The number of aromatic nitrogens is 2. The largest absolute Gasteiger partial charge is 0.342 e. The van der Waals surface area contributed by atoms with Gasteiger partial charge in [0.2, 0.25) is 17.7 Å². The summed E-state index contributed by atoms with van der Waals surface area (Å²) in [5.74, 6) is -3.70. The summed E-state index contributed by atoms with van der Waals surface area (Å²) in [6, 6.07) is -3.07. The van der Waals surface area contributed by atoms with Crippen molar-refractivity contribution in [3.05, 3.63) is 36.4 Å². The van der Waals surface area contributed by atoms with Crippen molar-refractivity contribution >= 4 is 39.7 Å². The highest BCUT2D eigenvalue weighted by molar-refractivity contribution is 7.87. The maximum absolute atomic E-state index is 15.1. The fraction of sp³-hybridized carbons (Fsp3) is 0.732. The first-order valence-corrected chi connectivity index (χ1v) is 22.0. The van der Waals surface area contributed by atoms with Crippen molar-refractivity contribution in [1.29, 1.82) is 0 Å². The van der Waals surface area contributed by atoms with Crippen LogP contribution in [0.5, 0.6) is 0 Å². The van der Waals surface area contributed by atoms with Gasteiger partial charge in [0, 0.05) is 37.2 Å². The molecule has 6 rings (SSSR count). The van der Waals surface area contributed by atoms with E-state index in [0.29, 0.717) is 51.0 Å². The zero-order chi connectivity index (χ0) is 41.9. The minimum atomic E-state index is -4.12. The van der Waals surface area contributed by atoms with Crippen LogP contribution >= 0.6 is 0 Å². The summed E-state index contributed by atoms with van der Waals surface area (Å²) < 4.78 is 29.7. The minimum absolute atomic E-state index is 0.0417. The number of amides is 5. The zero-order valence-electron chi connectivity index (χ0n) is 34.9.